The van der Waals surface area contributed by atoms with E-state index in [0.29, 0.717) is 5.56 Å². The summed E-state index contributed by atoms with van der Waals surface area (Å²) in [4.78, 5) is 31.0. The van der Waals surface area contributed by atoms with E-state index in [4.69, 9.17) is 31.3 Å². The van der Waals surface area contributed by atoms with Crippen LogP contribution in [-0.4, -0.2) is 73.4 Å². The van der Waals surface area contributed by atoms with Crippen LogP contribution in [0.25, 0.3) is 0 Å². The number of phenolic OH excluding ortho intramolecular Hbond substituents is 2. The van der Waals surface area contributed by atoms with Gasteiger partial charge < -0.3 is 31.3 Å². The zero-order valence-electron chi connectivity index (χ0n) is 23.5. The lowest BCUT2D eigenvalue weighted by Crippen LogP contribution is -2.58. The van der Waals surface area contributed by atoms with Gasteiger partial charge in [0, 0.05) is 0 Å². The summed E-state index contributed by atoms with van der Waals surface area (Å²) in [6.07, 6.45) is -11.7. The SMILES string of the molecule is NC(Cc1ccc(O)c(O)c1)C(=O)O.O=C(O)C(F)(N(F)c1ccccc1)C(F)(F)F.O=C(O)C(F)(N(F)c1ccccc1)C(F)(F)F. The molecular weight excluding hydrogens is 684 g/mol. The second kappa shape index (κ2) is 15.9. The Labute approximate surface area is 262 Å². The third-order valence-electron chi connectivity index (χ3n) is 5.64. The van der Waals surface area contributed by atoms with Gasteiger partial charge in [-0.15, -0.1) is 0 Å². The maximum absolute atomic E-state index is 13.3. The zero-order valence-corrected chi connectivity index (χ0v) is 23.5. The van der Waals surface area contributed by atoms with Crippen molar-refractivity contribution in [2.45, 2.75) is 36.4 Å². The number of hydrogen-bond acceptors (Lipinski definition) is 8. The second-order valence-corrected chi connectivity index (χ2v) is 9.05. The van der Waals surface area contributed by atoms with Crippen LogP contribution in [0.3, 0.4) is 0 Å². The highest BCUT2D eigenvalue weighted by molar-refractivity contribution is 5.82. The van der Waals surface area contributed by atoms with Gasteiger partial charge in [-0.05, 0) is 48.4 Å². The Morgan fingerprint density at radius 2 is 0.979 bits per heavy atom. The molecule has 3 rings (SSSR count). The summed E-state index contributed by atoms with van der Waals surface area (Å²) in [7, 11) is 0. The maximum atomic E-state index is 13.3. The largest absolute Gasteiger partial charge is 0.504 e. The number of alkyl halides is 8. The smallest absolute Gasteiger partial charge is 0.456 e. The number of carbonyl (C=O) groups is 3. The minimum atomic E-state index is -5.91. The van der Waals surface area contributed by atoms with Crippen molar-refractivity contribution < 1.29 is 84.0 Å². The molecule has 11 nitrogen and oxygen atoms in total. The first kappa shape index (κ1) is 40.6. The van der Waals surface area contributed by atoms with Gasteiger partial charge in [0.2, 0.25) is 0 Å². The predicted molar refractivity (Wildman–Crippen MR) is 144 cm³/mol. The number of rotatable bonds is 9. The van der Waals surface area contributed by atoms with Crippen molar-refractivity contribution in [3.63, 3.8) is 0 Å². The molecule has 3 aromatic rings. The second-order valence-electron chi connectivity index (χ2n) is 9.05. The van der Waals surface area contributed by atoms with Crippen LogP contribution in [0.4, 0.5) is 55.5 Å². The number of halogens is 10. The van der Waals surface area contributed by atoms with Gasteiger partial charge >= 0.3 is 41.8 Å². The summed E-state index contributed by atoms with van der Waals surface area (Å²) in [6.45, 7) is 0. The minimum Gasteiger partial charge on any atom is -0.504 e. The Morgan fingerprint density at radius 3 is 1.25 bits per heavy atom. The fourth-order valence-corrected chi connectivity index (χ4v) is 3.14. The van der Waals surface area contributed by atoms with Crippen LogP contribution in [0.2, 0.25) is 0 Å². The van der Waals surface area contributed by atoms with E-state index >= 15 is 0 Å². The molecule has 0 fully saturated rings. The number of benzene rings is 3. The fraction of sp³-hybridized carbons (Fsp3) is 0.222. The maximum Gasteiger partial charge on any atom is 0.456 e. The quantitative estimate of drug-likeness (QED) is 0.0721. The number of phenols is 2. The molecule has 0 saturated carbocycles. The Bertz CT molecular complexity index is 1450. The highest BCUT2D eigenvalue weighted by Crippen LogP contribution is 2.41. The lowest BCUT2D eigenvalue weighted by molar-refractivity contribution is -0.245. The third kappa shape index (κ3) is 9.53. The molecular formula is C27H23F10N3O8. The molecule has 0 aliphatic heterocycles. The van der Waals surface area contributed by atoms with Crippen molar-refractivity contribution in [1.29, 1.82) is 0 Å². The number of aliphatic carboxylic acids is 3. The summed E-state index contributed by atoms with van der Waals surface area (Å²) in [5.74, 6) is -17.8. The fourth-order valence-electron chi connectivity index (χ4n) is 3.14. The van der Waals surface area contributed by atoms with Gasteiger partial charge in [0.15, 0.2) is 11.5 Å². The molecule has 7 N–H and O–H groups in total. The van der Waals surface area contributed by atoms with Crippen LogP contribution in [0.1, 0.15) is 5.56 Å². The van der Waals surface area contributed by atoms with Gasteiger partial charge in [0.05, 0.1) is 11.4 Å². The van der Waals surface area contributed by atoms with E-state index in [1.807, 2.05) is 0 Å². The molecule has 3 unspecified atom stereocenters. The van der Waals surface area contributed by atoms with Crippen LogP contribution < -0.4 is 16.0 Å². The number of hydrogen-bond donors (Lipinski definition) is 6. The first-order chi connectivity index (χ1) is 21.9. The summed E-state index contributed by atoms with van der Waals surface area (Å²) >= 11 is 0. The molecule has 0 saturated heterocycles. The zero-order chi connectivity index (χ0) is 37.3. The average Bonchev–Trinajstić information content (AvgIpc) is 3.01. The lowest BCUT2D eigenvalue weighted by atomic mass is 10.1. The molecule has 0 aromatic heterocycles. The average molecular weight is 707 g/mol. The van der Waals surface area contributed by atoms with E-state index in [9.17, 15) is 58.5 Å². The van der Waals surface area contributed by atoms with Gasteiger partial charge in [0.25, 0.3) is 0 Å². The van der Waals surface area contributed by atoms with Crippen LogP contribution >= 0.6 is 0 Å². The van der Waals surface area contributed by atoms with Crippen molar-refractivity contribution in [2.24, 2.45) is 5.73 Å². The molecule has 0 bridgehead atoms. The number of nitrogens with zero attached hydrogens (tertiary/aromatic N) is 2. The van der Waals surface area contributed by atoms with E-state index in [0.717, 1.165) is 48.5 Å². The molecule has 0 aliphatic carbocycles. The molecule has 0 spiro atoms. The Balaban J connectivity index is 0.000000362. The molecule has 264 valence electrons. The van der Waals surface area contributed by atoms with Crippen LogP contribution in [0.5, 0.6) is 11.5 Å². The molecule has 48 heavy (non-hydrogen) atoms. The first-order valence-corrected chi connectivity index (χ1v) is 12.4. The minimum absolute atomic E-state index is 0.114. The van der Waals surface area contributed by atoms with E-state index in [1.54, 1.807) is 0 Å². The van der Waals surface area contributed by atoms with Gasteiger partial charge in [-0.2, -0.15) is 45.4 Å². The number of anilines is 2. The molecule has 0 amide bonds. The van der Waals surface area contributed by atoms with Gasteiger partial charge in [0.1, 0.15) is 6.04 Å². The standard InChI is InChI=1S/2C9H6F5NO2.C9H11NO4/c2*10-8(7(16)17,9(11,12)13)15(14)6-4-2-1-3-5-6;10-6(9(13)14)3-5-1-2-7(11)8(12)4-5/h2*1-5H,(H,16,17);1-2,4,6,11-12H,3,10H2,(H,13,14). The molecule has 0 aliphatic rings. The summed E-state index contributed by atoms with van der Waals surface area (Å²) in [5.41, 5.74) is 4.15. The van der Waals surface area contributed by atoms with Crippen molar-refractivity contribution in [3.05, 3.63) is 84.4 Å². The molecule has 0 heterocycles. The van der Waals surface area contributed by atoms with Crippen molar-refractivity contribution in [1.82, 2.24) is 0 Å². The van der Waals surface area contributed by atoms with Gasteiger partial charge in [-0.3, -0.25) is 4.79 Å². The number of carboxylic acid groups (broad SMARTS) is 3. The van der Waals surface area contributed by atoms with Gasteiger partial charge in [-0.1, -0.05) is 51.4 Å². The summed E-state index contributed by atoms with van der Waals surface area (Å²) in [6, 6.07) is 13.6. The first-order valence-electron chi connectivity index (χ1n) is 12.4. The van der Waals surface area contributed by atoms with Crippen molar-refractivity contribution >= 4 is 29.3 Å². The topological polar surface area (TPSA) is 185 Å². The molecule has 3 aromatic carbocycles. The Morgan fingerprint density at radius 1 is 0.625 bits per heavy atom. The van der Waals surface area contributed by atoms with E-state index in [2.05, 4.69) is 0 Å². The summed E-state index contributed by atoms with van der Waals surface area (Å²) < 4.78 is 127. The third-order valence-corrected chi connectivity index (χ3v) is 5.64. The number of nitrogens with two attached hydrogens (primary N) is 1. The van der Waals surface area contributed by atoms with Crippen molar-refractivity contribution in [2.75, 3.05) is 10.2 Å². The number of aromatic hydroxyl groups is 2. The van der Waals surface area contributed by atoms with Gasteiger partial charge in [-0.25, -0.2) is 9.59 Å². The van der Waals surface area contributed by atoms with Crippen molar-refractivity contribution in [3.8, 4) is 11.5 Å². The Hall–Kier alpha value is -5.47. The number of carboxylic acids is 3. The molecule has 3 atom stereocenters. The molecule has 0 radical (unpaired) electrons. The Kier molecular flexibility index (Phi) is 13.4. The van der Waals surface area contributed by atoms with Crippen LogP contribution in [0.15, 0.2) is 78.9 Å². The number of para-hydroxylation sites is 2. The predicted octanol–water partition coefficient (Wildman–Crippen LogP) is 5.43. The van der Waals surface area contributed by atoms with Crippen LogP contribution in [0, 0.1) is 0 Å². The summed E-state index contributed by atoms with van der Waals surface area (Å²) in [5, 5.41) is 40.2. The van der Waals surface area contributed by atoms with E-state index in [1.165, 1.54) is 30.3 Å². The molecule has 21 heteroatoms. The highest BCUT2D eigenvalue weighted by Gasteiger charge is 2.69. The normalized spacial score (nSPS) is 14.3. The monoisotopic (exact) mass is 707 g/mol. The lowest BCUT2D eigenvalue weighted by Gasteiger charge is -2.29. The van der Waals surface area contributed by atoms with Crippen LogP contribution in [-0.2, 0) is 20.8 Å². The van der Waals surface area contributed by atoms with E-state index in [-0.39, 0.29) is 17.9 Å². The highest BCUT2D eigenvalue weighted by atomic mass is 19.4. The van der Waals surface area contributed by atoms with E-state index < -0.39 is 69.5 Å².